The smallest absolute Gasteiger partial charge is 0.190 e. The van der Waals surface area contributed by atoms with E-state index in [1.165, 1.54) is 12.0 Å². The van der Waals surface area contributed by atoms with Crippen LogP contribution in [0.2, 0.25) is 0 Å². The van der Waals surface area contributed by atoms with E-state index in [1.54, 1.807) is 14.2 Å². The third-order valence-electron chi connectivity index (χ3n) is 3.67. The van der Waals surface area contributed by atoms with Crippen LogP contribution in [-0.2, 0) is 16.1 Å². The average molecular weight is 463 g/mol. The third kappa shape index (κ3) is 13.1. The number of methoxy groups -OCH3 is 1. The van der Waals surface area contributed by atoms with E-state index in [9.17, 15) is 0 Å². The monoisotopic (exact) mass is 463 g/mol. The first-order valence-electron chi connectivity index (χ1n) is 8.81. The van der Waals surface area contributed by atoms with Crippen LogP contribution >= 0.6 is 24.0 Å². The Morgan fingerprint density at radius 2 is 1.88 bits per heavy atom. The molecule has 0 spiro atoms. The molecule has 25 heavy (non-hydrogen) atoms. The van der Waals surface area contributed by atoms with Crippen molar-refractivity contribution in [1.29, 1.82) is 0 Å². The predicted molar refractivity (Wildman–Crippen MR) is 116 cm³/mol. The lowest BCUT2D eigenvalue weighted by molar-refractivity contribution is 0.0931. The van der Waals surface area contributed by atoms with E-state index in [1.807, 2.05) is 18.2 Å². The number of ether oxygens (including phenoxy) is 2. The number of halogens is 1. The maximum Gasteiger partial charge on any atom is 0.190 e. The maximum atomic E-state index is 5.77. The number of benzene rings is 1. The van der Waals surface area contributed by atoms with Crippen molar-refractivity contribution in [1.82, 2.24) is 10.6 Å². The van der Waals surface area contributed by atoms with Crippen molar-refractivity contribution in [2.45, 2.75) is 32.8 Å². The van der Waals surface area contributed by atoms with Crippen molar-refractivity contribution in [2.75, 3.05) is 40.5 Å². The molecule has 1 aromatic carbocycles. The molecule has 1 rings (SSSR count). The zero-order valence-electron chi connectivity index (χ0n) is 15.8. The van der Waals surface area contributed by atoms with E-state index in [4.69, 9.17) is 9.47 Å². The lowest BCUT2D eigenvalue weighted by Crippen LogP contribution is -2.40. The first-order valence-corrected chi connectivity index (χ1v) is 8.81. The van der Waals surface area contributed by atoms with Crippen molar-refractivity contribution in [3.8, 4) is 0 Å². The summed E-state index contributed by atoms with van der Waals surface area (Å²) in [6.07, 6.45) is 3.40. The van der Waals surface area contributed by atoms with Gasteiger partial charge < -0.3 is 20.1 Å². The molecule has 0 heterocycles. The van der Waals surface area contributed by atoms with Crippen molar-refractivity contribution in [2.24, 2.45) is 10.9 Å². The number of guanidine groups is 1. The minimum atomic E-state index is 0. The van der Waals surface area contributed by atoms with Gasteiger partial charge in [-0.15, -0.1) is 24.0 Å². The van der Waals surface area contributed by atoms with E-state index in [2.05, 4.69) is 34.7 Å². The first-order chi connectivity index (χ1) is 11.8. The molecule has 2 N–H and O–H groups in total. The number of nitrogens with zero attached hydrogens (tertiary/aromatic N) is 1. The molecule has 1 unspecified atom stereocenters. The Morgan fingerprint density at radius 1 is 1.12 bits per heavy atom. The van der Waals surface area contributed by atoms with Gasteiger partial charge in [-0.05, 0) is 30.7 Å². The molecule has 0 bridgehead atoms. The Morgan fingerprint density at radius 3 is 2.56 bits per heavy atom. The van der Waals surface area contributed by atoms with Gasteiger partial charge in [-0.1, -0.05) is 37.3 Å². The largest absolute Gasteiger partial charge is 0.385 e. The molecule has 0 aliphatic heterocycles. The molecule has 0 aliphatic rings. The van der Waals surface area contributed by atoms with Crippen molar-refractivity contribution >= 4 is 29.9 Å². The topological polar surface area (TPSA) is 54.9 Å². The molecule has 0 amide bonds. The fourth-order valence-electron chi connectivity index (χ4n) is 2.26. The average Bonchev–Trinajstić information content (AvgIpc) is 2.61. The van der Waals surface area contributed by atoms with Crippen LogP contribution in [0.15, 0.2) is 35.3 Å². The van der Waals surface area contributed by atoms with Gasteiger partial charge in [-0.2, -0.15) is 0 Å². The highest BCUT2D eigenvalue weighted by molar-refractivity contribution is 14.0. The van der Waals surface area contributed by atoms with Crippen LogP contribution in [0.3, 0.4) is 0 Å². The van der Waals surface area contributed by atoms with Crippen LogP contribution in [0.4, 0.5) is 0 Å². The second kappa shape index (κ2) is 16.6. The number of hydrogen-bond acceptors (Lipinski definition) is 3. The summed E-state index contributed by atoms with van der Waals surface area (Å²) in [6.45, 7) is 6.19. The van der Waals surface area contributed by atoms with Gasteiger partial charge in [-0.25, -0.2) is 0 Å². The van der Waals surface area contributed by atoms with Crippen molar-refractivity contribution < 1.29 is 9.47 Å². The van der Waals surface area contributed by atoms with Crippen LogP contribution in [-0.4, -0.2) is 46.4 Å². The van der Waals surface area contributed by atoms with Gasteiger partial charge in [0.1, 0.15) is 0 Å². The third-order valence-corrected chi connectivity index (χ3v) is 3.67. The number of unbranched alkanes of at least 4 members (excludes halogenated alkanes) is 2. The Bertz CT molecular complexity index is 444. The Kier molecular flexibility index (Phi) is 16.0. The van der Waals surface area contributed by atoms with Crippen LogP contribution in [0.25, 0.3) is 0 Å². The molecule has 0 aromatic heterocycles. The van der Waals surface area contributed by atoms with Gasteiger partial charge in [0.2, 0.25) is 0 Å². The zero-order valence-corrected chi connectivity index (χ0v) is 18.1. The second-order valence-electron chi connectivity index (χ2n) is 6.04. The standard InChI is InChI=1S/C19H33N3O2.HI/c1-17(15-24-16-18-10-6-4-7-11-18)14-22-19(20-2)21-12-8-5-9-13-23-3;/h4,6-7,10-11,17H,5,8-9,12-16H2,1-3H3,(H2,20,21,22);1H. The van der Waals surface area contributed by atoms with Gasteiger partial charge in [0.05, 0.1) is 13.2 Å². The molecule has 5 nitrogen and oxygen atoms in total. The summed E-state index contributed by atoms with van der Waals surface area (Å²) in [6, 6.07) is 10.3. The molecular weight excluding hydrogens is 429 g/mol. The fraction of sp³-hybridized carbons (Fsp3) is 0.632. The second-order valence-corrected chi connectivity index (χ2v) is 6.04. The Balaban J connectivity index is 0.00000576. The van der Waals surface area contributed by atoms with E-state index in [0.29, 0.717) is 12.5 Å². The first kappa shape index (κ1) is 24.1. The van der Waals surface area contributed by atoms with Gasteiger partial charge in [0.25, 0.3) is 0 Å². The van der Waals surface area contributed by atoms with E-state index in [0.717, 1.165) is 45.1 Å². The van der Waals surface area contributed by atoms with Gasteiger partial charge in [-0.3, -0.25) is 4.99 Å². The Hall–Kier alpha value is -0.860. The summed E-state index contributed by atoms with van der Waals surface area (Å²) < 4.78 is 10.8. The fourth-order valence-corrected chi connectivity index (χ4v) is 2.26. The molecule has 144 valence electrons. The summed E-state index contributed by atoms with van der Waals surface area (Å²) in [4.78, 5) is 4.25. The normalized spacial score (nSPS) is 12.4. The minimum Gasteiger partial charge on any atom is -0.385 e. The number of aliphatic imine (C=N–C) groups is 1. The summed E-state index contributed by atoms with van der Waals surface area (Å²) in [7, 11) is 3.55. The maximum absolute atomic E-state index is 5.77. The molecule has 0 radical (unpaired) electrons. The summed E-state index contributed by atoms with van der Waals surface area (Å²) in [5.41, 5.74) is 1.21. The zero-order chi connectivity index (χ0) is 17.5. The highest BCUT2D eigenvalue weighted by atomic mass is 127. The molecule has 1 aromatic rings. The lowest BCUT2D eigenvalue weighted by Gasteiger charge is -2.16. The van der Waals surface area contributed by atoms with Crippen LogP contribution in [0, 0.1) is 5.92 Å². The van der Waals surface area contributed by atoms with Crippen molar-refractivity contribution in [3.05, 3.63) is 35.9 Å². The molecule has 1 atom stereocenters. The van der Waals surface area contributed by atoms with Gasteiger partial charge in [0, 0.05) is 33.9 Å². The summed E-state index contributed by atoms with van der Waals surface area (Å²) in [5.74, 6) is 1.28. The lowest BCUT2D eigenvalue weighted by atomic mass is 10.2. The predicted octanol–water partition coefficient (Wildman–Crippen LogP) is 3.44. The molecule has 0 fully saturated rings. The number of rotatable bonds is 12. The number of nitrogens with one attached hydrogen (secondary N) is 2. The van der Waals surface area contributed by atoms with Crippen LogP contribution in [0.5, 0.6) is 0 Å². The van der Waals surface area contributed by atoms with E-state index >= 15 is 0 Å². The highest BCUT2D eigenvalue weighted by Gasteiger charge is 2.04. The molecule has 0 aliphatic carbocycles. The van der Waals surface area contributed by atoms with E-state index in [-0.39, 0.29) is 24.0 Å². The number of hydrogen-bond donors (Lipinski definition) is 2. The molecule has 6 heteroatoms. The molecule has 0 saturated heterocycles. The minimum absolute atomic E-state index is 0. The SMILES string of the molecule is CN=C(NCCCCCOC)NCC(C)COCc1ccccc1.I. The van der Waals surface area contributed by atoms with Gasteiger partial charge in [0.15, 0.2) is 5.96 Å². The highest BCUT2D eigenvalue weighted by Crippen LogP contribution is 2.02. The van der Waals surface area contributed by atoms with Gasteiger partial charge >= 0.3 is 0 Å². The quantitative estimate of drug-likeness (QED) is 0.216. The Labute approximate surface area is 170 Å². The molecule has 0 saturated carbocycles. The summed E-state index contributed by atoms with van der Waals surface area (Å²) >= 11 is 0. The summed E-state index contributed by atoms with van der Waals surface area (Å²) in [5, 5.41) is 6.70. The van der Waals surface area contributed by atoms with Crippen LogP contribution in [0.1, 0.15) is 31.7 Å². The van der Waals surface area contributed by atoms with Crippen LogP contribution < -0.4 is 10.6 Å². The van der Waals surface area contributed by atoms with Crippen molar-refractivity contribution in [3.63, 3.8) is 0 Å². The van der Waals surface area contributed by atoms with E-state index < -0.39 is 0 Å². The molecular formula is C19H34IN3O2.